The maximum Gasteiger partial charge on any atom is 0.0946 e. The Morgan fingerprint density at radius 1 is 1.17 bits per heavy atom. The van der Waals surface area contributed by atoms with Crippen LogP contribution in [-0.4, -0.2) is 29.9 Å². The van der Waals surface area contributed by atoms with Crippen LogP contribution in [0.2, 0.25) is 0 Å². The topological polar surface area (TPSA) is 75.2 Å². The van der Waals surface area contributed by atoms with Gasteiger partial charge in [-0.1, -0.05) is 18.2 Å². The van der Waals surface area contributed by atoms with Crippen LogP contribution in [0.5, 0.6) is 0 Å². The number of nitrogens with zero attached hydrogens (tertiary/aromatic N) is 4. The van der Waals surface area contributed by atoms with Crippen LogP contribution in [0, 0.1) is 5.92 Å². The van der Waals surface area contributed by atoms with Gasteiger partial charge in [0.2, 0.25) is 0 Å². The zero-order chi connectivity index (χ0) is 15.5. The molecule has 1 aromatic carbocycles. The number of benzene rings is 1. The molecule has 0 aliphatic heterocycles. The highest BCUT2D eigenvalue weighted by Gasteiger charge is 2.15. The lowest BCUT2D eigenvalue weighted by atomic mass is 9.94. The fourth-order valence-corrected chi connectivity index (χ4v) is 3.13. The smallest absolute Gasteiger partial charge is 0.0946 e. The minimum absolute atomic E-state index is 0.425. The lowest BCUT2D eigenvalue weighted by Gasteiger charge is -2.16. The predicted octanol–water partition coefficient (Wildman–Crippen LogP) is 2.58. The van der Waals surface area contributed by atoms with Gasteiger partial charge in [0.1, 0.15) is 0 Å². The van der Waals surface area contributed by atoms with Crippen LogP contribution in [-0.2, 0) is 19.4 Å². The normalized spacial score (nSPS) is 12.7. The van der Waals surface area contributed by atoms with Crippen molar-refractivity contribution in [1.82, 2.24) is 29.9 Å². The van der Waals surface area contributed by atoms with Crippen molar-refractivity contribution in [1.29, 1.82) is 0 Å². The molecule has 0 saturated carbocycles. The van der Waals surface area contributed by atoms with Gasteiger partial charge in [0.25, 0.3) is 0 Å². The van der Waals surface area contributed by atoms with E-state index in [4.69, 9.17) is 0 Å². The summed E-state index contributed by atoms with van der Waals surface area (Å²) in [4.78, 5) is 7.50. The number of imidazole rings is 1. The Hall–Kier alpha value is -2.89. The number of para-hydroxylation sites is 1. The SMILES string of the molecule is c1ccc2c(CC(Cc3cn[nH]n3)Cn3ccnc3)c[nH]c2c1. The van der Waals surface area contributed by atoms with E-state index in [0.29, 0.717) is 5.92 Å². The van der Waals surface area contributed by atoms with E-state index in [9.17, 15) is 0 Å². The van der Waals surface area contributed by atoms with Crippen LogP contribution < -0.4 is 0 Å². The average molecular weight is 306 g/mol. The van der Waals surface area contributed by atoms with Crippen LogP contribution >= 0.6 is 0 Å². The number of fused-ring (bicyclic) bond motifs is 1. The van der Waals surface area contributed by atoms with Gasteiger partial charge in [-0.25, -0.2) is 4.98 Å². The number of rotatable bonds is 6. The second kappa shape index (κ2) is 6.08. The Labute approximate surface area is 133 Å². The van der Waals surface area contributed by atoms with Crippen LogP contribution in [0.1, 0.15) is 11.3 Å². The van der Waals surface area contributed by atoms with Crippen molar-refractivity contribution in [2.75, 3.05) is 0 Å². The summed E-state index contributed by atoms with van der Waals surface area (Å²) >= 11 is 0. The van der Waals surface area contributed by atoms with E-state index < -0.39 is 0 Å². The predicted molar refractivity (Wildman–Crippen MR) is 87.8 cm³/mol. The van der Waals surface area contributed by atoms with Gasteiger partial charge < -0.3 is 9.55 Å². The third-order valence-corrected chi connectivity index (χ3v) is 4.17. The van der Waals surface area contributed by atoms with Gasteiger partial charge in [0.15, 0.2) is 0 Å². The highest BCUT2D eigenvalue weighted by molar-refractivity contribution is 5.83. The number of aromatic amines is 2. The monoisotopic (exact) mass is 306 g/mol. The number of hydrogen-bond donors (Lipinski definition) is 2. The zero-order valence-electron chi connectivity index (χ0n) is 12.7. The van der Waals surface area contributed by atoms with Gasteiger partial charge in [-0.2, -0.15) is 15.4 Å². The molecule has 4 aromatic rings. The highest BCUT2D eigenvalue weighted by Crippen LogP contribution is 2.23. The fraction of sp³-hybridized carbons (Fsp3) is 0.235. The number of aromatic nitrogens is 6. The lowest BCUT2D eigenvalue weighted by molar-refractivity contribution is 0.435. The van der Waals surface area contributed by atoms with Crippen molar-refractivity contribution >= 4 is 10.9 Å². The van der Waals surface area contributed by atoms with E-state index in [1.165, 1.54) is 16.5 Å². The molecule has 2 N–H and O–H groups in total. The molecule has 116 valence electrons. The van der Waals surface area contributed by atoms with E-state index in [2.05, 4.69) is 60.4 Å². The van der Waals surface area contributed by atoms with Crippen molar-refractivity contribution in [3.8, 4) is 0 Å². The van der Waals surface area contributed by atoms with Crippen LogP contribution in [0.3, 0.4) is 0 Å². The Morgan fingerprint density at radius 3 is 2.96 bits per heavy atom. The van der Waals surface area contributed by atoms with Crippen LogP contribution in [0.4, 0.5) is 0 Å². The molecular weight excluding hydrogens is 288 g/mol. The number of H-pyrrole nitrogens is 2. The van der Waals surface area contributed by atoms with Crippen molar-refractivity contribution in [2.24, 2.45) is 5.92 Å². The Kier molecular flexibility index (Phi) is 3.63. The zero-order valence-corrected chi connectivity index (χ0v) is 12.7. The molecule has 6 heteroatoms. The van der Waals surface area contributed by atoms with Crippen LogP contribution in [0.25, 0.3) is 10.9 Å². The molecule has 0 aliphatic carbocycles. The first-order valence-electron chi connectivity index (χ1n) is 7.74. The molecule has 0 spiro atoms. The molecule has 4 rings (SSSR count). The van der Waals surface area contributed by atoms with Gasteiger partial charge in [-0.3, -0.25) is 0 Å². The first-order chi connectivity index (χ1) is 11.4. The van der Waals surface area contributed by atoms with Gasteiger partial charge in [-0.15, -0.1) is 0 Å². The molecule has 0 fully saturated rings. The van der Waals surface area contributed by atoms with Gasteiger partial charge >= 0.3 is 0 Å². The minimum atomic E-state index is 0.425. The summed E-state index contributed by atoms with van der Waals surface area (Å²) in [5.41, 5.74) is 3.52. The van der Waals surface area contributed by atoms with Crippen molar-refractivity contribution in [2.45, 2.75) is 19.4 Å². The summed E-state index contributed by atoms with van der Waals surface area (Å²) in [5, 5.41) is 12.1. The summed E-state index contributed by atoms with van der Waals surface area (Å²) in [5.74, 6) is 0.425. The fourth-order valence-electron chi connectivity index (χ4n) is 3.13. The summed E-state index contributed by atoms with van der Waals surface area (Å²) in [7, 11) is 0. The summed E-state index contributed by atoms with van der Waals surface area (Å²) in [6, 6.07) is 8.43. The van der Waals surface area contributed by atoms with E-state index in [0.717, 1.165) is 25.1 Å². The largest absolute Gasteiger partial charge is 0.361 e. The van der Waals surface area contributed by atoms with E-state index in [-0.39, 0.29) is 0 Å². The molecule has 3 heterocycles. The molecule has 3 aromatic heterocycles. The highest BCUT2D eigenvalue weighted by atomic mass is 15.3. The third kappa shape index (κ3) is 3.01. The second-order valence-corrected chi connectivity index (χ2v) is 5.85. The second-order valence-electron chi connectivity index (χ2n) is 5.85. The van der Waals surface area contributed by atoms with Gasteiger partial charge in [0, 0.05) is 36.0 Å². The molecule has 6 nitrogen and oxygen atoms in total. The third-order valence-electron chi connectivity index (χ3n) is 4.17. The van der Waals surface area contributed by atoms with Crippen LogP contribution in [0.15, 0.2) is 55.4 Å². The number of nitrogens with one attached hydrogen (secondary N) is 2. The molecule has 1 unspecified atom stereocenters. The van der Waals surface area contributed by atoms with E-state index in [1.54, 1.807) is 6.20 Å². The summed E-state index contributed by atoms with van der Waals surface area (Å²) in [6.45, 7) is 0.909. The first kappa shape index (κ1) is 13.8. The van der Waals surface area contributed by atoms with Gasteiger partial charge in [0.05, 0.1) is 18.2 Å². The first-order valence-corrected chi connectivity index (χ1v) is 7.74. The molecule has 23 heavy (non-hydrogen) atoms. The summed E-state index contributed by atoms with van der Waals surface area (Å²) in [6.07, 6.45) is 11.5. The molecule has 0 bridgehead atoms. The quantitative estimate of drug-likeness (QED) is 0.575. The Balaban J connectivity index is 1.59. The number of hydrogen-bond acceptors (Lipinski definition) is 3. The molecule has 0 saturated heterocycles. The lowest BCUT2D eigenvalue weighted by Crippen LogP contribution is -2.15. The maximum atomic E-state index is 4.21. The van der Waals surface area contributed by atoms with Crippen molar-refractivity contribution < 1.29 is 0 Å². The van der Waals surface area contributed by atoms with Crippen molar-refractivity contribution in [3.05, 3.63) is 66.6 Å². The Morgan fingerprint density at radius 2 is 2.13 bits per heavy atom. The molecule has 1 atom stereocenters. The average Bonchev–Trinajstić information content (AvgIpc) is 3.30. The molecule has 0 radical (unpaired) electrons. The van der Waals surface area contributed by atoms with Crippen molar-refractivity contribution in [3.63, 3.8) is 0 Å². The van der Waals surface area contributed by atoms with E-state index in [1.807, 2.05) is 18.7 Å². The molecule has 0 amide bonds. The molecule has 0 aliphatic rings. The maximum absolute atomic E-state index is 4.21. The molecular formula is C17H18N6. The standard InChI is InChI=1S/C17H18N6/c1-2-4-17-16(3-1)14(9-19-17)7-13(8-15-10-20-22-21-15)11-23-6-5-18-12-23/h1-6,9-10,12-13,19H,7-8,11H2,(H,20,21,22). The van der Waals surface area contributed by atoms with E-state index >= 15 is 0 Å². The Bertz CT molecular complexity index is 823. The van der Waals surface area contributed by atoms with Gasteiger partial charge in [-0.05, 0) is 30.4 Å². The minimum Gasteiger partial charge on any atom is -0.361 e. The summed E-state index contributed by atoms with van der Waals surface area (Å²) < 4.78 is 2.12.